The van der Waals surface area contributed by atoms with Gasteiger partial charge in [0.15, 0.2) is 5.65 Å². The number of aromatic nitrogens is 3. The monoisotopic (exact) mass is 434 g/mol. The molecular formula is C23H22N4O3S. The number of nitrogens with zero attached hydrogens (tertiary/aromatic N) is 4. The highest BCUT2D eigenvalue weighted by atomic mass is 32.2. The summed E-state index contributed by atoms with van der Waals surface area (Å²) in [6, 6.07) is 11.2. The van der Waals surface area contributed by atoms with E-state index in [1.54, 1.807) is 29.1 Å². The standard InChI is InChI=1S/C23H22N4O3S/c28-31(29,20-7-6-16-3-1-4-17(16)13-20)26-11-8-19(14-26)27-22(18-9-12-30-15-18)25-21-5-2-10-24-23(21)27/h2,5-7,9-10,12-13,15,19H,1,3-4,8,11,14H2/t19-/m1/s1. The van der Waals surface area contributed by atoms with Crippen LogP contribution in [0.5, 0.6) is 0 Å². The molecule has 0 bridgehead atoms. The normalized spacial score (nSPS) is 19.3. The molecule has 0 spiro atoms. The SMILES string of the molecule is O=S(=O)(c1ccc2c(c1)CCC2)N1CC[C@@H](n2c(-c3ccoc3)nc3cccnc32)C1. The molecule has 4 heterocycles. The van der Waals surface area contributed by atoms with Crippen molar-refractivity contribution >= 4 is 21.2 Å². The first-order valence-electron chi connectivity index (χ1n) is 10.6. The van der Waals surface area contributed by atoms with E-state index in [4.69, 9.17) is 9.40 Å². The minimum absolute atomic E-state index is 0.0472. The van der Waals surface area contributed by atoms with E-state index >= 15 is 0 Å². The van der Waals surface area contributed by atoms with E-state index in [0.717, 1.165) is 41.8 Å². The molecule has 0 saturated carbocycles. The van der Waals surface area contributed by atoms with Crippen molar-refractivity contribution in [3.05, 3.63) is 66.2 Å². The summed E-state index contributed by atoms with van der Waals surface area (Å²) in [6.07, 6.45) is 8.82. The Labute approximate surface area is 180 Å². The Balaban J connectivity index is 1.36. The Morgan fingerprint density at radius 3 is 2.87 bits per heavy atom. The highest BCUT2D eigenvalue weighted by molar-refractivity contribution is 7.89. The molecule has 3 aromatic heterocycles. The van der Waals surface area contributed by atoms with Gasteiger partial charge in [-0.15, -0.1) is 0 Å². The maximum Gasteiger partial charge on any atom is 0.243 e. The van der Waals surface area contributed by atoms with E-state index in [1.165, 1.54) is 11.1 Å². The van der Waals surface area contributed by atoms with Gasteiger partial charge in [0.2, 0.25) is 10.0 Å². The number of aryl methyl sites for hydroxylation is 2. The molecule has 8 heteroatoms. The van der Waals surface area contributed by atoms with E-state index in [2.05, 4.69) is 9.55 Å². The third-order valence-electron chi connectivity index (χ3n) is 6.43. The van der Waals surface area contributed by atoms with E-state index in [9.17, 15) is 8.42 Å². The molecule has 7 nitrogen and oxygen atoms in total. The van der Waals surface area contributed by atoms with Gasteiger partial charge in [-0.3, -0.25) is 0 Å². The number of fused-ring (bicyclic) bond motifs is 2. The van der Waals surface area contributed by atoms with Gasteiger partial charge in [0.25, 0.3) is 0 Å². The number of sulfonamides is 1. The molecule has 0 N–H and O–H groups in total. The van der Waals surface area contributed by atoms with Crippen molar-refractivity contribution in [1.29, 1.82) is 0 Å². The topological polar surface area (TPSA) is 81.2 Å². The summed E-state index contributed by atoms with van der Waals surface area (Å²) in [5.41, 5.74) is 4.86. The molecule has 158 valence electrons. The lowest BCUT2D eigenvalue weighted by Gasteiger charge is -2.19. The summed E-state index contributed by atoms with van der Waals surface area (Å²) < 4.78 is 35.7. The second kappa shape index (κ2) is 7.03. The van der Waals surface area contributed by atoms with Crippen LogP contribution in [0.4, 0.5) is 0 Å². The fraction of sp³-hybridized carbons (Fsp3) is 0.304. The van der Waals surface area contributed by atoms with Crippen LogP contribution >= 0.6 is 0 Å². The van der Waals surface area contributed by atoms with Crippen molar-refractivity contribution in [1.82, 2.24) is 18.8 Å². The minimum Gasteiger partial charge on any atom is -0.472 e. The van der Waals surface area contributed by atoms with E-state index in [-0.39, 0.29) is 6.04 Å². The zero-order chi connectivity index (χ0) is 21.0. The van der Waals surface area contributed by atoms with Gasteiger partial charge < -0.3 is 8.98 Å². The second-order valence-electron chi connectivity index (χ2n) is 8.25. The largest absolute Gasteiger partial charge is 0.472 e. The maximum absolute atomic E-state index is 13.4. The first-order chi connectivity index (χ1) is 15.1. The quantitative estimate of drug-likeness (QED) is 0.488. The summed E-state index contributed by atoms with van der Waals surface area (Å²) in [7, 11) is -3.54. The minimum atomic E-state index is -3.54. The summed E-state index contributed by atoms with van der Waals surface area (Å²) in [5, 5.41) is 0. The Hall–Kier alpha value is -2.97. The fourth-order valence-electron chi connectivity index (χ4n) is 4.87. The molecule has 1 fully saturated rings. The highest BCUT2D eigenvalue weighted by Crippen LogP contribution is 2.35. The molecule has 1 saturated heterocycles. The van der Waals surface area contributed by atoms with Gasteiger partial charge in [-0.1, -0.05) is 6.07 Å². The molecule has 1 atom stereocenters. The van der Waals surface area contributed by atoms with E-state index in [1.807, 2.05) is 30.3 Å². The van der Waals surface area contributed by atoms with Crippen LogP contribution in [0.3, 0.4) is 0 Å². The first kappa shape index (κ1) is 18.8. The molecule has 2 aliphatic rings. The van der Waals surface area contributed by atoms with Crippen LogP contribution in [0.1, 0.15) is 30.0 Å². The van der Waals surface area contributed by atoms with E-state index < -0.39 is 10.0 Å². The van der Waals surface area contributed by atoms with Crippen molar-refractivity contribution in [3.63, 3.8) is 0 Å². The Morgan fingerprint density at radius 2 is 2.00 bits per heavy atom. The van der Waals surface area contributed by atoms with Crippen molar-refractivity contribution in [2.45, 2.75) is 36.6 Å². The fourth-order valence-corrected chi connectivity index (χ4v) is 6.41. The second-order valence-corrected chi connectivity index (χ2v) is 10.2. The number of rotatable bonds is 4. The number of benzene rings is 1. The van der Waals surface area contributed by atoms with Crippen LogP contribution < -0.4 is 0 Å². The predicted molar refractivity (Wildman–Crippen MR) is 116 cm³/mol. The van der Waals surface area contributed by atoms with Gasteiger partial charge in [0, 0.05) is 19.3 Å². The lowest BCUT2D eigenvalue weighted by atomic mass is 10.1. The molecule has 6 rings (SSSR count). The lowest BCUT2D eigenvalue weighted by Crippen LogP contribution is -2.29. The van der Waals surface area contributed by atoms with Crippen LogP contribution in [0.25, 0.3) is 22.6 Å². The first-order valence-corrected chi connectivity index (χ1v) is 12.0. The van der Waals surface area contributed by atoms with Gasteiger partial charge in [0.1, 0.15) is 17.6 Å². The highest BCUT2D eigenvalue weighted by Gasteiger charge is 2.35. The molecule has 4 aromatic rings. The Bertz CT molecular complexity index is 1380. The van der Waals surface area contributed by atoms with Crippen LogP contribution in [-0.4, -0.2) is 40.3 Å². The van der Waals surface area contributed by atoms with Gasteiger partial charge in [-0.2, -0.15) is 4.31 Å². The van der Waals surface area contributed by atoms with Gasteiger partial charge in [0.05, 0.1) is 22.8 Å². The van der Waals surface area contributed by atoms with E-state index in [0.29, 0.717) is 24.4 Å². The van der Waals surface area contributed by atoms with Crippen LogP contribution in [0, 0.1) is 0 Å². The van der Waals surface area contributed by atoms with Crippen molar-refractivity contribution in [3.8, 4) is 11.4 Å². The molecule has 0 radical (unpaired) electrons. The molecule has 0 unspecified atom stereocenters. The smallest absolute Gasteiger partial charge is 0.243 e. The number of hydrogen-bond donors (Lipinski definition) is 0. The van der Waals surface area contributed by atoms with Crippen LogP contribution in [-0.2, 0) is 22.9 Å². The molecular weight excluding hydrogens is 412 g/mol. The molecule has 0 amide bonds. The van der Waals surface area contributed by atoms with Crippen molar-refractivity contribution in [2.75, 3.05) is 13.1 Å². The summed E-state index contributed by atoms with van der Waals surface area (Å²) >= 11 is 0. The third-order valence-corrected chi connectivity index (χ3v) is 8.29. The van der Waals surface area contributed by atoms with Crippen LogP contribution in [0.2, 0.25) is 0 Å². The molecule has 1 aliphatic carbocycles. The molecule has 1 aromatic carbocycles. The van der Waals surface area contributed by atoms with Crippen molar-refractivity contribution < 1.29 is 12.8 Å². The molecule has 31 heavy (non-hydrogen) atoms. The average molecular weight is 435 g/mol. The number of hydrogen-bond acceptors (Lipinski definition) is 5. The Morgan fingerprint density at radius 1 is 1.10 bits per heavy atom. The number of pyridine rings is 1. The molecule has 1 aliphatic heterocycles. The zero-order valence-corrected chi connectivity index (χ0v) is 17.8. The maximum atomic E-state index is 13.4. The summed E-state index contributed by atoms with van der Waals surface area (Å²) in [6.45, 7) is 0.869. The van der Waals surface area contributed by atoms with Gasteiger partial charge >= 0.3 is 0 Å². The summed E-state index contributed by atoms with van der Waals surface area (Å²) in [4.78, 5) is 9.70. The lowest BCUT2D eigenvalue weighted by molar-refractivity contribution is 0.455. The summed E-state index contributed by atoms with van der Waals surface area (Å²) in [5.74, 6) is 0.754. The van der Waals surface area contributed by atoms with Gasteiger partial charge in [-0.25, -0.2) is 18.4 Å². The van der Waals surface area contributed by atoms with Crippen molar-refractivity contribution in [2.24, 2.45) is 0 Å². The Kier molecular flexibility index (Phi) is 4.26. The average Bonchev–Trinajstić information content (AvgIpc) is 3.58. The predicted octanol–water partition coefficient (Wildman–Crippen LogP) is 3.82. The zero-order valence-electron chi connectivity index (χ0n) is 16.9. The van der Waals surface area contributed by atoms with Crippen LogP contribution in [0.15, 0.2) is 64.4 Å². The number of imidazole rings is 1. The number of furan rings is 1. The third kappa shape index (κ3) is 3.01. The van der Waals surface area contributed by atoms with Gasteiger partial charge in [-0.05, 0) is 67.1 Å².